The molecule has 0 unspecified atom stereocenters. The van der Waals surface area contributed by atoms with Gasteiger partial charge < -0.3 is 5.32 Å². The van der Waals surface area contributed by atoms with E-state index in [1.807, 2.05) is 7.05 Å². The van der Waals surface area contributed by atoms with Crippen molar-refractivity contribution in [3.63, 3.8) is 0 Å². The van der Waals surface area contributed by atoms with Crippen molar-refractivity contribution in [2.45, 2.75) is 20.8 Å². The van der Waals surface area contributed by atoms with Crippen LogP contribution in [0.1, 0.15) is 20.8 Å². The Kier molecular flexibility index (Phi) is 6.60. The van der Waals surface area contributed by atoms with Crippen LogP contribution in [0.15, 0.2) is 0 Å². The molecule has 0 aromatic carbocycles. The van der Waals surface area contributed by atoms with Crippen molar-refractivity contribution in [1.82, 2.24) is 5.32 Å². The van der Waals surface area contributed by atoms with Crippen molar-refractivity contribution in [1.29, 1.82) is 0 Å². The van der Waals surface area contributed by atoms with Crippen molar-refractivity contribution in [3.8, 4) is 0 Å². The fourth-order valence-electron chi connectivity index (χ4n) is 0.530. The monoisotopic (exact) mass is 197 g/mol. The zero-order valence-corrected chi connectivity index (χ0v) is 9.20. The second kappa shape index (κ2) is 5.50. The highest BCUT2D eigenvalue weighted by Gasteiger charge is 2.05. The molecule has 2 N–H and O–H groups in total. The van der Waals surface area contributed by atoms with Gasteiger partial charge in [-0.15, -0.1) is 0 Å². The lowest BCUT2D eigenvalue weighted by Gasteiger charge is -2.16. The molecule has 76 valence electrons. The van der Waals surface area contributed by atoms with Gasteiger partial charge in [-0.05, 0) is 19.0 Å². The fourth-order valence-corrected chi connectivity index (χ4v) is 0.530. The van der Waals surface area contributed by atoms with E-state index in [1.165, 1.54) is 0 Å². The first-order valence-electron chi connectivity index (χ1n) is 3.63. The Morgan fingerprint density at radius 2 is 1.58 bits per heavy atom. The zero-order chi connectivity index (χ0) is 10.4. The van der Waals surface area contributed by atoms with Gasteiger partial charge in [0.15, 0.2) is 0 Å². The zero-order valence-electron chi connectivity index (χ0n) is 8.38. The summed E-state index contributed by atoms with van der Waals surface area (Å²) in [6.45, 7) is 7.73. The molecule has 0 aliphatic carbocycles. The highest BCUT2D eigenvalue weighted by atomic mass is 32.2. The molecule has 0 aliphatic heterocycles. The molecule has 0 bridgehead atoms. The summed E-state index contributed by atoms with van der Waals surface area (Å²) >= 11 is 0. The molecular formula is C7H19NO3S. The number of rotatable bonds is 1. The Morgan fingerprint density at radius 3 is 1.58 bits per heavy atom. The van der Waals surface area contributed by atoms with E-state index >= 15 is 0 Å². The van der Waals surface area contributed by atoms with Crippen LogP contribution in [-0.4, -0.2) is 32.8 Å². The Hall–Kier alpha value is -0.130. The summed E-state index contributed by atoms with van der Waals surface area (Å²) < 4.78 is 25.9. The van der Waals surface area contributed by atoms with Crippen molar-refractivity contribution >= 4 is 10.1 Å². The lowest BCUT2D eigenvalue weighted by molar-refractivity contribution is 0.395. The molecule has 0 saturated heterocycles. The van der Waals surface area contributed by atoms with Crippen LogP contribution in [0, 0.1) is 5.41 Å². The molecule has 0 radical (unpaired) electrons. The SMILES string of the molecule is CNCC(C)(C)C.CS(=O)(=O)O. The van der Waals surface area contributed by atoms with Crippen molar-refractivity contribution in [2.75, 3.05) is 19.8 Å². The second-order valence-electron chi connectivity index (χ2n) is 3.82. The fraction of sp³-hybridized carbons (Fsp3) is 1.00. The summed E-state index contributed by atoms with van der Waals surface area (Å²) in [5.74, 6) is 0. The van der Waals surface area contributed by atoms with Gasteiger partial charge in [0, 0.05) is 0 Å². The van der Waals surface area contributed by atoms with Crippen LogP contribution in [0.4, 0.5) is 0 Å². The van der Waals surface area contributed by atoms with Gasteiger partial charge in [-0.2, -0.15) is 8.42 Å². The summed E-state index contributed by atoms with van der Waals surface area (Å²) in [5, 5.41) is 3.11. The first kappa shape index (κ1) is 14.4. The molecule has 0 aromatic heterocycles. The third-order valence-corrected chi connectivity index (χ3v) is 0.707. The molecule has 0 aliphatic rings. The van der Waals surface area contributed by atoms with Gasteiger partial charge >= 0.3 is 0 Å². The Labute approximate surface area is 75.1 Å². The molecule has 0 fully saturated rings. The quantitative estimate of drug-likeness (QED) is 0.609. The average Bonchev–Trinajstić information content (AvgIpc) is 1.54. The number of hydrogen-bond acceptors (Lipinski definition) is 3. The number of nitrogens with one attached hydrogen (secondary N) is 1. The van der Waals surface area contributed by atoms with Crippen molar-refractivity contribution in [3.05, 3.63) is 0 Å². The van der Waals surface area contributed by atoms with Gasteiger partial charge in [-0.3, -0.25) is 4.55 Å². The summed E-state index contributed by atoms with van der Waals surface area (Å²) in [7, 11) is -1.69. The minimum absolute atomic E-state index is 0.439. The molecule has 0 aromatic rings. The normalized spacial score (nSPS) is 11.8. The predicted octanol–water partition coefficient (Wildman–Crippen LogP) is 0.756. The minimum atomic E-state index is -3.67. The van der Waals surface area contributed by atoms with Crippen LogP contribution in [0.3, 0.4) is 0 Å². The van der Waals surface area contributed by atoms with Crippen LogP contribution in [-0.2, 0) is 10.1 Å². The van der Waals surface area contributed by atoms with E-state index in [2.05, 4.69) is 26.1 Å². The van der Waals surface area contributed by atoms with E-state index in [0.717, 1.165) is 6.54 Å². The molecular weight excluding hydrogens is 178 g/mol. The van der Waals surface area contributed by atoms with Crippen molar-refractivity contribution in [2.24, 2.45) is 5.41 Å². The Morgan fingerprint density at radius 1 is 1.33 bits per heavy atom. The smallest absolute Gasteiger partial charge is 0.261 e. The lowest BCUT2D eigenvalue weighted by Crippen LogP contribution is -2.22. The topological polar surface area (TPSA) is 66.4 Å². The van der Waals surface area contributed by atoms with E-state index in [-0.39, 0.29) is 0 Å². The maximum atomic E-state index is 9.19. The third kappa shape index (κ3) is 51.8. The van der Waals surface area contributed by atoms with Gasteiger partial charge in [0.1, 0.15) is 0 Å². The van der Waals surface area contributed by atoms with Gasteiger partial charge in [0.05, 0.1) is 6.26 Å². The largest absolute Gasteiger partial charge is 0.319 e. The standard InChI is InChI=1S/C6H15N.CH4O3S/c1-6(2,3)5-7-4;1-5(2,3)4/h7H,5H2,1-4H3;1H3,(H,2,3,4). The van der Waals surface area contributed by atoms with Crippen LogP contribution < -0.4 is 5.32 Å². The minimum Gasteiger partial charge on any atom is -0.319 e. The molecule has 0 rings (SSSR count). The van der Waals surface area contributed by atoms with Gasteiger partial charge in [0.25, 0.3) is 10.1 Å². The summed E-state index contributed by atoms with van der Waals surface area (Å²) in [5.41, 5.74) is 0.439. The Balaban J connectivity index is 0. The maximum absolute atomic E-state index is 9.19. The third-order valence-electron chi connectivity index (χ3n) is 0.707. The van der Waals surface area contributed by atoms with E-state index in [9.17, 15) is 8.42 Å². The van der Waals surface area contributed by atoms with Crippen LogP contribution in [0.25, 0.3) is 0 Å². The molecule has 0 spiro atoms. The van der Waals surface area contributed by atoms with Gasteiger partial charge in [-0.25, -0.2) is 0 Å². The molecule has 0 heterocycles. The van der Waals surface area contributed by atoms with E-state index in [4.69, 9.17) is 4.55 Å². The van der Waals surface area contributed by atoms with Crippen LogP contribution in [0.5, 0.6) is 0 Å². The first-order valence-corrected chi connectivity index (χ1v) is 5.48. The molecule has 0 atom stereocenters. The van der Waals surface area contributed by atoms with E-state index in [0.29, 0.717) is 11.7 Å². The first-order chi connectivity index (χ1) is 5.06. The molecule has 12 heavy (non-hydrogen) atoms. The van der Waals surface area contributed by atoms with Crippen LogP contribution >= 0.6 is 0 Å². The second-order valence-corrected chi connectivity index (χ2v) is 5.29. The van der Waals surface area contributed by atoms with Crippen LogP contribution in [0.2, 0.25) is 0 Å². The lowest BCUT2D eigenvalue weighted by atomic mass is 9.97. The predicted molar refractivity (Wildman–Crippen MR) is 50.9 cm³/mol. The molecule has 5 heteroatoms. The molecule has 0 saturated carbocycles. The Bertz CT molecular complexity index is 183. The average molecular weight is 197 g/mol. The van der Waals surface area contributed by atoms with E-state index in [1.54, 1.807) is 0 Å². The maximum Gasteiger partial charge on any atom is 0.261 e. The summed E-state index contributed by atoms with van der Waals surface area (Å²) in [4.78, 5) is 0. The molecule has 0 amide bonds. The highest BCUT2D eigenvalue weighted by Crippen LogP contribution is 2.09. The highest BCUT2D eigenvalue weighted by molar-refractivity contribution is 7.85. The van der Waals surface area contributed by atoms with Gasteiger partial charge in [-0.1, -0.05) is 20.8 Å². The molecule has 4 nitrogen and oxygen atoms in total. The number of hydrogen-bond donors (Lipinski definition) is 2. The summed E-state index contributed by atoms with van der Waals surface area (Å²) in [6, 6.07) is 0. The van der Waals surface area contributed by atoms with Crippen molar-refractivity contribution < 1.29 is 13.0 Å². The van der Waals surface area contributed by atoms with E-state index < -0.39 is 10.1 Å². The van der Waals surface area contributed by atoms with Gasteiger partial charge in [0.2, 0.25) is 0 Å². The summed E-state index contributed by atoms with van der Waals surface area (Å²) in [6.07, 6.45) is 0.715.